The van der Waals surface area contributed by atoms with E-state index in [0.29, 0.717) is 5.69 Å². The Bertz CT molecular complexity index is 800. The highest BCUT2D eigenvalue weighted by Gasteiger charge is 2.16. The highest BCUT2D eigenvalue weighted by Crippen LogP contribution is 2.23. The van der Waals surface area contributed by atoms with Crippen LogP contribution < -0.4 is 4.72 Å². The maximum Gasteiger partial charge on any atom is 0.261 e. The molecule has 0 aliphatic rings. The number of nitrogens with zero attached hydrogens (tertiary/aromatic N) is 1. The van der Waals surface area contributed by atoms with E-state index >= 15 is 0 Å². The van der Waals surface area contributed by atoms with Crippen LogP contribution in [-0.2, 0) is 10.0 Å². The molecule has 0 fully saturated rings. The largest absolute Gasteiger partial charge is 0.280 e. The molecule has 0 radical (unpaired) electrons. The Morgan fingerprint density at radius 2 is 1.95 bits per heavy atom. The van der Waals surface area contributed by atoms with Crippen molar-refractivity contribution in [2.45, 2.75) is 4.90 Å². The van der Waals surface area contributed by atoms with Crippen molar-refractivity contribution in [3.05, 3.63) is 57.5 Å². The summed E-state index contributed by atoms with van der Waals surface area (Å²) < 4.78 is 27.6. The second kappa shape index (κ2) is 5.83. The van der Waals surface area contributed by atoms with Crippen LogP contribution >= 0.6 is 27.5 Å². The van der Waals surface area contributed by atoms with Crippen molar-refractivity contribution in [3.8, 4) is 6.07 Å². The minimum atomic E-state index is -3.74. The van der Waals surface area contributed by atoms with E-state index in [1.54, 1.807) is 24.3 Å². The summed E-state index contributed by atoms with van der Waals surface area (Å²) in [6, 6.07) is 12.6. The van der Waals surface area contributed by atoms with Crippen LogP contribution in [0.5, 0.6) is 0 Å². The van der Waals surface area contributed by atoms with Gasteiger partial charge >= 0.3 is 0 Å². The molecule has 0 atom stereocenters. The molecule has 0 unspecified atom stereocenters. The first kappa shape index (κ1) is 14.9. The molecular weight excluding hydrogens is 364 g/mol. The van der Waals surface area contributed by atoms with E-state index in [-0.39, 0.29) is 15.5 Å². The minimum absolute atomic E-state index is 0.00137. The van der Waals surface area contributed by atoms with E-state index in [1.807, 2.05) is 6.07 Å². The number of rotatable bonds is 3. The summed E-state index contributed by atoms with van der Waals surface area (Å²) in [6.07, 6.45) is 0. The second-order valence-corrected chi connectivity index (χ2v) is 6.87. The van der Waals surface area contributed by atoms with E-state index in [1.165, 1.54) is 18.2 Å². The number of nitriles is 1. The lowest BCUT2D eigenvalue weighted by Crippen LogP contribution is -2.13. The van der Waals surface area contributed by atoms with Crippen molar-refractivity contribution in [1.82, 2.24) is 0 Å². The highest BCUT2D eigenvalue weighted by molar-refractivity contribution is 9.10. The Balaban J connectivity index is 2.36. The fourth-order valence-electron chi connectivity index (χ4n) is 1.52. The third kappa shape index (κ3) is 3.31. The summed E-state index contributed by atoms with van der Waals surface area (Å²) in [6.45, 7) is 0. The SMILES string of the molecule is N#Cc1ccc(S(=O)(=O)Nc2cccc(Br)c2)cc1Cl. The molecule has 0 aliphatic heterocycles. The van der Waals surface area contributed by atoms with E-state index in [2.05, 4.69) is 20.7 Å². The van der Waals surface area contributed by atoms with Crippen molar-refractivity contribution in [3.63, 3.8) is 0 Å². The first-order valence-corrected chi connectivity index (χ1v) is 8.06. The van der Waals surface area contributed by atoms with Gasteiger partial charge in [-0.05, 0) is 36.4 Å². The van der Waals surface area contributed by atoms with Crippen LogP contribution in [0.2, 0.25) is 5.02 Å². The summed E-state index contributed by atoms with van der Waals surface area (Å²) in [4.78, 5) is 0.00137. The summed E-state index contributed by atoms with van der Waals surface area (Å²) in [7, 11) is -3.74. The molecule has 4 nitrogen and oxygen atoms in total. The molecule has 0 aliphatic carbocycles. The Hall–Kier alpha value is -1.55. The Morgan fingerprint density at radius 3 is 2.55 bits per heavy atom. The van der Waals surface area contributed by atoms with Crippen molar-refractivity contribution >= 4 is 43.2 Å². The molecule has 0 spiro atoms. The fraction of sp³-hybridized carbons (Fsp3) is 0. The molecule has 2 rings (SSSR count). The predicted molar refractivity (Wildman–Crippen MR) is 81.1 cm³/mol. The molecule has 0 bridgehead atoms. The van der Waals surface area contributed by atoms with Gasteiger partial charge in [-0.15, -0.1) is 0 Å². The van der Waals surface area contributed by atoms with Crippen molar-refractivity contribution in [2.75, 3.05) is 4.72 Å². The van der Waals surface area contributed by atoms with Crippen LogP contribution in [0, 0.1) is 11.3 Å². The quantitative estimate of drug-likeness (QED) is 0.892. The summed E-state index contributed by atoms with van der Waals surface area (Å²) >= 11 is 9.11. The third-order valence-electron chi connectivity index (χ3n) is 2.45. The molecule has 7 heteroatoms. The number of halogens is 2. The lowest BCUT2D eigenvalue weighted by atomic mass is 10.2. The van der Waals surface area contributed by atoms with Crippen LogP contribution in [0.3, 0.4) is 0 Å². The third-order valence-corrected chi connectivity index (χ3v) is 4.63. The summed E-state index contributed by atoms with van der Waals surface area (Å²) in [5, 5.41) is 8.87. The van der Waals surface area contributed by atoms with E-state index in [4.69, 9.17) is 16.9 Å². The minimum Gasteiger partial charge on any atom is -0.280 e. The standard InChI is InChI=1S/C13H8BrClN2O2S/c14-10-2-1-3-11(6-10)17-20(18,19)12-5-4-9(8-16)13(15)7-12/h1-7,17H. The number of nitrogens with one attached hydrogen (secondary N) is 1. The van der Waals surface area contributed by atoms with Gasteiger partial charge in [0.15, 0.2) is 0 Å². The first-order valence-electron chi connectivity index (χ1n) is 5.40. The zero-order valence-electron chi connectivity index (χ0n) is 9.97. The van der Waals surface area contributed by atoms with E-state index in [9.17, 15) is 8.42 Å². The van der Waals surface area contributed by atoms with Gasteiger partial charge in [0.2, 0.25) is 0 Å². The molecule has 20 heavy (non-hydrogen) atoms. The van der Waals surface area contributed by atoms with Crippen LogP contribution in [0.15, 0.2) is 51.8 Å². The molecule has 2 aromatic rings. The molecule has 0 saturated heterocycles. The zero-order valence-corrected chi connectivity index (χ0v) is 13.1. The number of sulfonamides is 1. The van der Waals surface area contributed by atoms with Crippen molar-refractivity contribution in [1.29, 1.82) is 5.26 Å². The van der Waals surface area contributed by atoms with Gasteiger partial charge in [-0.3, -0.25) is 4.72 Å². The van der Waals surface area contributed by atoms with Gasteiger partial charge in [0.1, 0.15) is 6.07 Å². The number of benzene rings is 2. The Morgan fingerprint density at radius 1 is 1.20 bits per heavy atom. The summed E-state index contributed by atoms with van der Waals surface area (Å²) in [5.74, 6) is 0. The van der Waals surface area contributed by atoms with Crippen LogP contribution in [-0.4, -0.2) is 8.42 Å². The molecule has 2 aromatic carbocycles. The lowest BCUT2D eigenvalue weighted by Gasteiger charge is -2.09. The Labute approximate surface area is 130 Å². The number of hydrogen-bond donors (Lipinski definition) is 1. The number of anilines is 1. The molecule has 0 saturated carbocycles. The maximum absolute atomic E-state index is 12.2. The average molecular weight is 372 g/mol. The molecule has 102 valence electrons. The van der Waals surface area contributed by atoms with Gasteiger partial charge in [-0.2, -0.15) is 5.26 Å². The van der Waals surface area contributed by atoms with Crippen LogP contribution in [0.25, 0.3) is 0 Å². The zero-order chi connectivity index (χ0) is 14.8. The second-order valence-electron chi connectivity index (χ2n) is 3.87. The van der Waals surface area contributed by atoms with Gasteiger partial charge in [-0.25, -0.2) is 8.42 Å². The normalized spacial score (nSPS) is 10.8. The Kier molecular flexibility index (Phi) is 4.33. The van der Waals surface area contributed by atoms with Gasteiger partial charge in [-0.1, -0.05) is 33.6 Å². The van der Waals surface area contributed by atoms with Gasteiger partial charge in [0, 0.05) is 10.2 Å². The van der Waals surface area contributed by atoms with Gasteiger partial charge in [0.05, 0.1) is 15.5 Å². The van der Waals surface area contributed by atoms with E-state index < -0.39 is 10.0 Å². The molecule has 0 amide bonds. The van der Waals surface area contributed by atoms with Gasteiger partial charge in [0.25, 0.3) is 10.0 Å². The lowest BCUT2D eigenvalue weighted by molar-refractivity contribution is 0.601. The highest BCUT2D eigenvalue weighted by atomic mass is 79.9. The van der Waals surface area contributed by atoms with Crippen molar-refractivity contribution in [2.24, 2.45) is 0 Å². The maximum atomic E-state index is 12.2. The van der Waals surface area contributed by atoms with Gasteiger partial charge < -0.3 is 0 Å². The number of hydrogen-bond acceptors (Lipinski definition) is 3. The predicted octanol–water partition coefficient (Wildman–Crippen LogP) is 3.77. The summed E-state index contributed by atoms with van der Waals surface area (Å²) in [5.41, 5.74) is 0.660. The molecule has 0 heterocycles. The molecular formula is C13H8BrClN2O2S. The van der Waals surface area contributed by atoms with Crippen LogP contribution in [0.4, 0.5) is 5.69 Å². The van der Waals surface area contributed by atoms with E-state index in [0.717, 1.165) is 4.47 Å². The molecule has 0 aromatic heterocycles. The average Bonchev–Trinajstić information content (AvgIpc) is 2.38. The fourth-order valence-corrected chi connectivity index (χ4v) is 3.28. The monoisotopic (exact) mass is 370 g/mol. The topological polar surface area (TPSA) is 70.0 Å². The molecule has 1 N–H and O–H groups in total. The van der Waals surface area contributed by atoms with Crippen LogP contribution in [0.1, 0.15) is 5.56 Å². The first-order chi connectivity index (χ1) is 9.42. The van der Waals surface area contributed by atoms with Crippen molar-refractivity contribution < 1.29 is 8.42 Å². The smallest absolute Gasteiger partial charge is 0.261 e.